The molecule has 0 unspecified atom stereocenters. The first-order valence-corrected chi connectivity index (χ1v) is 10.2. The topological polar surface area (TPSA) is 68.3 Å². The predicted molar refractivity (Wildman–Crippen MR) is 115 cm³/mol. The summed E-state index contributed by atoms with van der Waals surface area (Å²) in [5, 5.41) is 13.7. The van der Waals surface area contributed by atoms with Crippen LogP contribution < -0.4 is 15.1 Å². The van der Waals surface area contributed by atoms with Gasteiger partial charge in [-0.15, -0.1) is 0 Å². The minimum atomic E-state index is -0.140. The molecule has 29 heavy (non-hydrogen) atoms. The molecule has 0 atom stereocenters. The Morgan fingerprint density at radius 1 is 0.931 bits per heavy atom. The van der Waals surface area contributed by atoms with Crippen LogP contribution >= 0.6 is 11.6 Å². The normalized spacial score (nSPS) is 17.3. The monoisotopic (exact) mass is 416 g/mol. The second-order valence-electron chi connectivity index (χ2n) is 7.15. The molecule has 2 aromatic carbocycles. The molecule has 0 aromatic heterocycles. The number of nitrogens with zero attached hydrogens (tertiary/aromatic N) is 3. The third kappa shape index (κ3) is 4.52. The molecule has 2 amide bonds. The van der Waals surface area contributed by atoms with Crippen LogP contribution in [0.1, 0.15) is 0 Å². The lowest BCUT2D eigenvalue weighted by atomic mass is 10.2. The van der Waals surface area contributed by atoms with Crippen molar-refractivity contribution in [1.29, 1.82) is 0 Å². The molecule has 0 saturated carbocycles. The third-order valence-corrected chi connectivity index (χ3v) is 5.58. The number of ether oxygens (including phenoxy) is 1. The van der Waals surface area contributed by atoms with E-state index in [4.69, 9.17) is 16.3 Å². The van der Waals surface area contributed by atoms with Gasteiger partial charge in [-0.3, -0.25) is 0 Å². The molecule has 0 bridgehead atoms. The summed E-state index contributed by atoms with van der Waals surface area (Å²) in [6.07, 6.45) is 0. The summed E-state index contributed by atoms with van der Waals surface area (Å²) in [5.74, 6) is 0.263. The summed E-state index contributed by atoms with van der Waals surface area (Å²) in [6.45, 7) is 5.39. The Kier molecular flexibility index (Phi) is 5.97. The van der Waals surface area contributed by atoms with E-state index >= 15 is 0 Å². The predicted octanol–water partition coefficient (Wildman–Crippen LogP) is 3.24. The number of hydrogen-bond acceptors (Lipinski definition) is 5. The fraction of sp³-hybridized carbons (Fsp3) is 0.381. The molecule has 2 N–H and O–H groups in total. The van der Waals surface area contributed by atoms with Gasteiger partial charge in [-0.2, -0.15) is 0 Å². The molecule has 154 valence electrons. The van der Waals surface area contributed by atoms with Crippen LogP contribution in [0, 0.1) is 0 Å². The number of rotatable bonds is 3. The van der Waals surface area contributed by atoms with Crippen molar-refractivity contribution in [1.82, 2.24) is 4.90 Å². The number of benzene rings is 2. The van der Waals surface area contributed by atoms with Gasteiger partial charge in [0.05, 0.1) is 30.3 Å². The first-order valence-electron chi connectivity index (χ1n) is 9.83. The summed E-state index contributed by atoms with van der Waals surface area (Å²) >= 11 is 6.19. The molecule has 0 aliphatic carbocycles. The van der Waals surface area contributed by atoms with E-state index < -0.39 is 0 Å². The van der Waals surface area contributed by atoms with Crippen molar-refractivity contribution in [3.05, 3.63) is 47.5 Å². The summed E-state index contributed by atoms with van der Waals surface area (Å²) in [4.78, 5) is 19.0. The van der Waals surface area contributed by atoms with Crippen molar-refractivity contribution in [2.45, 2.75) is 0 Å². The Balaban J connectivity index is 1.41. The zero-order valence-corrected chi connectivity index (χ0v) is 16.9. The number of halogens is 1. The molecule has 7 nitrogen and oxygen atoms in total. The molecule has 2 fully saturated rings. The van der Waals surface area contributed by atoms with Gasteiger partial charge in [0.1, 0.15) is 5.75 Å². The number of phenolic OH excluding ortho intramolecular Hbond substituents is 1. The fourth-order valence-electron chi connectivity index (χ4n) is 3.76. The van der Waals surface area contributed by atoms with Gasteiger partial charge in [-0.25, -0.2) is 4.79 Å². The van der Waals surface area contributed by atoms with Crippen molar-refractivity contribution >= 4 is 34.7 Å². The average molecular weight is 417 g/mol. The first-order chi connectivity index (χ1) is 14.1. The molecule has 2 heterocycles. The second-order valence-corrected chi connectivity index (χ2v) is 7.59. The number of para-hydroxylation sites is 2. The molecule has 2 saturated heterocycles. The van der Waals surface area contributed by atoms with Crippen LogP contribution in [0.2, 0.25) is 5.02 Å². The van der Waals surface area contributed by atoms with Gasteiger partial charge in [0.25, 0.3) is 0 Å². The molecule has 2 aromatic rings. The minimum absolute atomic E-state index is 0.140. The summed E-state index contributed by atoms with van der Waals surface area (Å²) in [6, 6.07) is 12.7. The first kappa shape index (κ1) is 19.7. The van der Waals surface area contributed by atoms with Crippen molar-refractivity contribution in [3.63, 3.8) is 0 Å². The number of hydrogen-bond donors (Lipinski definition) is 2. The maximum absolute atomic E-state index is 12.9. The standard InChI is InChI=1S/C21H25ClN4O3/c22-16-5-6-18(25-11-13-29-14-12-25)17(15-16)23-21(28)26-9-7-24(8-10-26)19-3-1-2-4-20(19)27/h1-6,15,27H,7-14H2,(H,23,28). The zero-order chi connectivity index (χ0) is 20.2. The van der Waals surface area contributed by atoms with Gasteiger partial charge >= 0.3 is 6.03 Å². The fourth-order valence-corrected chi connectivity index (χ4v) is 3.94. The molecule has 2 aliphatic heterocycles. The number of nitrogens with one attached hydrogen (secondary N) is 1. The van der Waals surface area contributed by atoms with E-state index in [0.29, 0.717) is 50.1 Å². The van der Waals surface area contributed by atoms with E-state index in [0.717, 1.165) is 24.5 Å². The van der Waals surface area contributed by atoms with Gasteiger partial charge < -0.3 is 29.9 Å². The van der Waals surface area contributed by atoms with E-state index in [1.54, 1.807) is 23.1 Å². The highest BCUT2D eigenvalue weighted by molar-refractivity contribution is 6.31. The molecular formula is C21H25ClN4O3. The number of carbonyl (C=O) groups is 1. The van der Waals surface area contributed by atoms with Crippen molar-refractivity contribution in [2.75, 3.05) is 67.6 Å². The number of morpholine rings is 1. The maximum Gasteiger partial charge on any atom is 0.322 e. The van der Waals surface area contributed by atoms with Crippen molar-refractivity contribution in [2.24, 2.45) is 0 Å². The smallest absolute Gasteiger partial charge is 0.322 e. The number of anilines is 3. The lowest BCUT2D eigenvalue weighted by Crippen LogP contribution is -2.50. The largest absolute Gasteiger partial charge is 0.506 e. The maximum atomic E-state index is 12.9. The molecule has 2 aliphatic rings. The van der Waals surface area contributed by atoms with Gasteiger partial charge in [0, 0.05) is 44.3 Å². The lowest BCUT2D eigenvalue weighted by Gasteiger charge is -2.36. The second kappa shape index (κ2) is 8.80. The number of urea groups is 1. The molecular weight excluding hydrogens is 392 g/mol. The van der Waals surface area contributed by atoms with Crippen molar-refractivity contribution in [3.8, 4) is 5.75 Å². The van der Waals surface area contributed by atoms with Gasteiger partial charge in [-0.1, -0.05) is 23.7 Å². The van der Waals surface area contributed by atoms with Crippen LogP contribution in [0.15, 0.2) is 42.5 Å². The number of piperazine rings is 1. The SMILES string of the molecule is O=C(Nc1cc(Cl)ccc1N1CCOCC1)N1CCN(c2ccccc2O)CC1. The van der Waals surface area contributed by atoms with E-state index in [2.05, 4.69) is 15.1 Å². The minimum Gasteiger partial charge on any atom is -0.506 e. The Morgan fingerprint density at radius 2 is 1.62 bits per heavy atom. The number of phenols is 1. The Labute approximate surface area is 175 Å². The highest BCUT2D eigenvalue weighted by Crippen LogP contribution is 2.31. The summed E-state index contributed by atoms with van der Waals surface area (Å²) in [7, 11) is 0. The molecule has 0 radical (unpaired) electrons. The van der Waals surface area contributed by atoms with Crippen LogP contribution in [0.25, 0.3) is 0 Å². The average Bonchev–Trinajstić information content (AvgIpc) is 2.75. The van der Waals surface area contributed by atoms with E-state index in [1.165, 1.54) is 0 Å². The Hall–Kier alpha value is -2.64. The van der Waals surface area contributed by atoms with Crippen molar-refractivity contribution < 1.29 is 14.6 Å². The number of aromatic hydroxyl groups is 1. The van der Waals surface area contributed by atoms with Crippen LogP contribution in [-0.2, 0) is 4.74 Å². The summed E-state index contributed by atoms with van der Waals surface area (Å²) in [5.41, 5.74) is 2.48. The van der Waals surface area contributed by atoms with E-state index in [9.17, 15) is 9.90 Å². The van der Waals surface area contributed by atoms with Crippen LogP contribution in [0.3, 0.4) is 0 Å². The number of amides is 2. The Morgan fingerprint density at radius 3 is 2.34 bits per heavy atom. The van der Waals surface area contributed by atoms with E-state index in [1.807, 2.05) is 24.3 Å². The van der Waals surface area contributed by atoms with Gasteiger partial charge in [-0.05, 0) is 30.3 Å². The van der Waals surface area contributed by atoms with E-state index in [-0.39, 0.29) is 11.8 Å². The lowest BCUT2D eigenvalue weighted by molar-refractivity contribution is 0.123. The van der Waals surface area contributed by atoms with Gasteiger partial charge in [0.2, 0.25) is 0 Å². The summed E-state index contributed by atoms with van der Waals surface area (Å²) < 4.78 is 5.43. The molecule has 8 heteroatoms. The van der Waals surface area contributed by atoms with Crippen LogP contribution in [0.4, 0.5) is 21.9 Å². The number of carbonyl (C=O) groups excluding carboxylic acids is 1. The third-order valence-electron chi connectivity index (χ3n) is 5.34. The van der Waals surface area contributed by atoms with Crippen LogP contribution in [0.5, 0.6) is 5.75 Å². The van der Waals surface area contributed by atoms with Gasteiger partial charge in [0.15, 0.2) is 0 Å². The quantitative estimate of drug-likeness (QED) is 0.804. The Bertz CT molecular complexity index is 865. The zero-order valence-electron chi connectivity index (χ0n) is 16.2. The van der Waals surface area contributed by atoms with Crippen LogP contribution in [-0.4, -0.2) is 68.5 Å². The highest BCUT2D eigenvalue weighted by atomic mass is 35.5. The molecule has 0 spiro atoms. The molecule has 4 rings (SSSR count). The highest BCUT2D eigenvalue weighted by Gasteiger charge is 2.24.